The summed E-state index contributed by atoms with van der Waals surface area (Å²) in [5.41, 5.74) is 7.13. The van der Waals surface area contributed by atoms with Crippen LogP contribution in [0.4, 0.5) is 0 Å². The van der Waals surface area contributed by atoms with E-state index in [-0.39, 0.29) is 12.5 Å². The first-order valence-electron chi connectivity index (χ1n) is 4.42. The van der Waals surface area contributed by atoms with Crippen molar-refractivity contribution in [1.82, 2.24) is 0 Å². The van der Waals surface area contributed by atoms with Crippen LogP contribution in [0.1, 0.15) is 13.8 Å². The molecular formula is C11H17NO2. The zero-order valence-corrected chi connectivity index (χ0v) is 8.75. The maximum Gasteiger partial charge on any atom is 0.320 e. The Bertz CT molecular complexity index is 264. The SMILES string of the molecule is C=C/C=C(C)\C=C(/C)COC(=O)CN. The van der Waals surface area contributed by atoms with Crippen molar-refractivity contribution in [2.75, 3.05) is 13.2 Å². The van der Waals surface area contributed by atoms with E-state index in [1.54, 1.807) is 6.08 Å². The molecule has 0 rings (SSSR count). The number of allylic oxidation sites excluding steroid dienone is 4. The summed E-state index contributed by atoms with van der Waals surface area (Å²) in [5, 5.41) is 0. The molecule has 0 radical (unpaired) electrons. The van der Waals surface area contributed by atoms with Crippen LogP contribution in [-0.4, -0.2) is 19.1 Å². The van der Waals surface area contributed by atoms with E-state index in [2.05, 4.69) is 6.58 Å². The van der Waals surface area contributed by atoms with E-state index in [9.17, 15) is 4.79 Å². The van der Waals surface area contributed by atoms with Crippen LogP contribution in [0.25, 0.3) is 0 Å². The Morgan fingerprint density at radius 1 is 1.50 bits per heavy atom. The van der Waals surface area contributed by atoms with Gasteiger partial charge in [0.05, 0.1) is 6.54 Å². The Labute approximate surface area is 84.9 Å². The molecule has 0 aliphatic heterocycles. The molecule has 0 atom stereocenters. The Balaban J connectivity index is 4.07. The summed E-state index contributed by atoms with van der Waals surface area (Å²) in [7, 11) is 0. The summed E-state index contributed by atoms with van der Waals surface area (Å²) in [6.07, 6.45) is 5.53. The van der Waals surface area contributed by atoms with Crippen molar-refractivity contribution in [3.8, 4) is 0 Å². The van der Waals surface area contributed by atoms with Crippen LogP contribution in [0, 0.1) is 0 Å². The number of ether oxygens (including phenoxy) is 1. The number of rotatable bonds is 5. The molecule has 0 unspecified atom stereocenters. The second kappa shape index (κ2) is 7.09. The molecule has 0 saturated carbocycles. The minimum atomic E-state index is -0.386. The van der Waals surface area contributed by atoms with Crippen LogP contribution >= 0.6 is 0 Å². The van der Waals surface area contributed by atoms with Crippen molar-refractivity contribution in [3.63, 3.8) is 0 Å². The number of nitrogens with two attached hydrogens (primary N) is 1. The molecule has 14 heavy (non-hydrogen) atoms. The fourth-order valence-corrected chi connectivity index (χ4v) is 0.918. The van der Waals surface area contributed by atoms with Crippen molar-refractivity contribution in [2.45, 2.75) is 13.8 Å². The van der Waals surface area contributed by atoms with Gasteiger partial charge >= 0.3 is 5.97 Å². The van der Waals surface area contributed by atoms with E-state index in [1.807, 2.05) is 26.0 Å². The lowest BCUT2D eigenvalue weighted by molar-refractivity contribution is -0.140. The average Bonchev–Trinajstić information content (AvgIpc) is 2.14. The molecule has 0 heterocycles. The topological polar surface area (TPSA) is 52.3 Å². The highest BCUT2D eigenvalue weighted by molar-refractivity contribution is 5.71. The summed E-state index contributed by atoms with van der Waals surface area (Å²) in [5.74, 6) is -0.386. The Morgan fingerprint density at radius 2 is 2.14 bits per heavy atom. The highest BCUT2D eigenvalue weighted by atomic mass is 16.5. The van der Waals surface area contributed by atoms with Crippen molar-refractivity contribution in [3.05, 3.63) is 36.0 Å². The molecule has 0 aliphatic carbocycles. The Hall–Kier alpha value is -1.35. The predicted octanol–water partition coefficient (Wildman–Crippen LogP) is 1.57. The fourth-order valence-electron chi connectivity index (χ4n) is 0.918. The number of carbonyl (C=O) groups is 1. The maximum absolute atomic E-state index is 10.7. The van der Waals surface area contributed by atoms with Gasteiger partial charge in [-0.3, -0.25) is 4.79 Å². The van der Waals surface area contributed by atoms with Crippen molar-refractivity contribution < 1.29 is 9.53 Å². The van der Waals surface area contributed by atoms with E-state index in [1.165, 1.54) is 0 Å². The van der Waals surface area contributed by atoms with Gasteiger partial charge in [-0.25, -0.2) is 0 Å². The predicted molar refractivity (Wildman–Crippen MR) is 57.7 cm³/mol. The lowest BCUT2D eigenvalue weighted by atomic mass is 10.2. The first kappa shape index (κ1) is 12.7. The van der Waals surface area contributed by atoms with Crippen molar-refractivity contribution in [2.24, 2.45) is 5.73 Å². The third-order valence-electron chi connectivity index (χ3n) is 1.48. The number of hydrogen-bond donors (Lipinski definition) is 1. The second-order valence-electron chi connectivity index (χ2n) is 3.00. The normalized spacial score (nSPS) is 12.5. The van der Waals surface area contributed by atoms with Gasteiger partial charge in [0.15, 0.2) is 0 Å². The van der Waals surface area contributed by atoms with Gasteiger partial charge in [0.1, 0.15) is 6.61 Å². The lowest BCUT2D eigenvalue weighted by Gasteiger charge is -2.03. The van der Waals surface area contributed by atoms with Gasteiger partial charge in [-0.15, -0.1) is 0 Å². The molecule has 0 aromatic carbocycles. The van der Waals surface area contributed by atoms with Gasteiger partial charge in [0.25, 0.3) is 0 Å². The third-order valence-corrected chi connectivity index (χ3v) is 1.48. The highest BCUT2D eigenvalue weighted by Gasteiger charge is 1.98. The van der Waals surface area contributed by atoms with Crippen molar-refractivity contribution in [1.29, 1.82) is 0 Å². The summed E-state index contributed by atoms with van der Waals surface area (Å²) in [6.45, 7) is 7.65. The summed E-state index contributed by atoms with van der Waals surface area (Å²) in [6, 6.07) is 0. The minimum absolute atomic E-state index is 0.0746. The smallest absolute Gasteiger partial charge is 0.320 e. The molecule has 0 aromatic rings. The zero-order valence-electron chi connectivity index (χ0n) is 8.75. The molecule has 0 aromatic heterocycles. The molecule has 0 saturated heterocycles. The number of carbonyl (C=O) groups excluding carboxylic acids is 1. The fraction of sp³-hybridized carbons (Fsp3) is 0.364. The van der Waals surface area contributed by atoms with Crippen LogP contribution in [-0.2, 0) is 9.53 Å². The third kappa shape index (κ3) is 6.20. The first-order valence-corrected chi connectivity index (χ1v) is 4.42. The molecule has 0 bridgehead atoms. The van der Waals surface area contributed by atoms with E-state index < -0.39 is 0 Å². The summed E-state index contributed by atoms with van der Waals surface area (Å²) in [4.78, 5) is 10.7. The summed E-state index contributed by atoms with van der Waals surface area (Å²) >= 11 is 0. The zero-order chi connectivity index (χ0) is 11.0. The van der Waals surface area contributed by atoms with Gasteiger partial charge < -0.3 is 10.5 Å². The van der Waals surface area contributed by atoms with E-state index in [4.69, 9.17) is 10.5 Å². The van der Waals surface area contributed by atoms with E-state index in [0.717, 1.165) is 11.1 Å². The van der Waals surface area contributed by atoms with Gasteiger partial charge in [0, 0.05) is 0 Å². The second-order valence-corrected chi connectivity index (χ2v) is 3.00. The molecule has 0 aliphatic rings. The molecular weight excluding hydrogens is 178 g/mol. The van der Waals surface area contributed by atoms with Gasteiger partial charge in [0.2, 0.25) is 0 Å². The van der Waals surface area contributed by atoms with E-state index >= 15 is 0 Å². The quantitative estimate of drug-likeness (QED) is 0.535. The highest BCUT2D eigenvalue weighted by Crippen LogP contribution is 2.02. The molecule has 3 heteroatoms. The summed E-state index contributed by atoms with van der Waals surface area (Å²) < 4.78 is 4.85. The Morgan fingerprint density at radius 3 is 2.64 bits per heavy atom. The Kier molecular flexibility index (Phi) is 6.41. The molecule has 2 N–H and O–H groups in total. The van der Waals surface area contributed by atoms with E-state index in [0.29, 0.717) is 6.61 Å². The van der Waals surface area contributed by atoms with Crippen LogP contribution < -0.4 is 5.73 Å². The lowest BCUT2D eigenvalue weighted by Crippen LogP contribution is -2.17. The first-order chi connectivity index (χ1) is 6.60. The van der Waals surface area contributed by atoms with Gasteiger partial charge in [-0.2, -0.15) is 0 Å². The number of esters is 1. The molecule has 0 fully saturated rings. The van der Waals surface area contributed by atoms with Crippen LogP contribution in [0.5, 0.6) is 0 Å². The largest absolute Gasteiger partial charge is 0.460 e. The average molecular weight is 195 g/mol. The van der Waals surface area contributed by atoms with Crippen LogP contribution in [0.15, 0.2) is 36.0 Å². The van der Waals surface area contributed by atoms with Gasteiger partial charge in [-0.1, -0.05) is 30.4 Å². The molecule has 0 spiro atoms. The molecule has 3 nitrogen and oxygen atoms in total. The van der Waals surface area contributed by atoms with Crippen LogP contribution in [0.3, 0.4) is 0 Å². The van der Waals surface area contributed by atoms with Gasteiger partial charge in [-0.05, 0) is 19.4 Å². The minimum Gasteiger partial charge on any atom is -0.460 e. The standard InChI is InChI=1S/C11H17NO2/c1-4-5-9(2)6-10(3)8-14-11(13)7-12/h4-6H,1,7-8,12H2,2-3H3/b9-5-,10-6+. The monoisotopic (exact) mass is 195 g/mol. The molecule has 78 valence electrons. The van der Waals surface area contributed by atoms with Crippen molar-refractivity contribution >= 4 is 5.97 Å². The number of hydrogen-bond acceptors (Lipinski definition) is 3. The molecule has 0 amide bonds. The van der Waals surface area contributed by atoms with Crippen LogP contribution in [0.2, 0.25) is 0 Å². The maximum atomic E-state index is 10.7.